The lowest BCUT2D eigenvalue weighted by Gasteiger charge is -2.20. The lowest BCUT2D eigenvalue weighted by atomic mass is 10.2. The Morgan fingerprint density at radius 2 is 1.81 bits per heavy atom. The second kappa shape index (κ2) is 7.99. The molecule has 1 N–H and O–H groups in total. The van der Waals surface area contributed by atoms with Crippen LogP contribution in [0.15, 0.2) is 48.5 Å². The summed E-state index contributed by atoms with van der Waals surface area (Å²) in [5, 5.41) is 2.84. The van der Waals surface area contributed by atoms with Gasteiger partial charge in [-0.05, 0) is 36.4 Å². The number of para-hydroxylation sites is 2. The minimum Gasteiger partial charge on any atom is -0.495 e. The predicted molar refractivity (Wildman–Crippen MR) is 107 cm³/mol. The van der Waals surface area contributed by atoms with Crippen LogP contribution in [0.25, 0.3) is 0 Å². The summed E-state index contributed by atoms with van der Waals surface area (Å²) in [7, 11) is 5.49. The highest BCUT2D eigenvalue weighted by atomic mass is 16.5. The zero-order valence-electron chi connectivity index (χ0n) is 15.8. The van der Waals surface area contributed by atoms with Crippen LogP contribution in [-0.2, 0) is 4.79 Å². The number of rotatable bonds is 6. The van der Waals surface area contributed by atoms with E-state index in [1.807, 2.05) is 67.5 Å². The third-order valence-corrected chi connectivity index (χ3v) is 4.47. The Balaban J connectivity index is 1.61. The van der Waals surface area contributed by atoms with E-state index in [-0.39, 0.29) is 18.5 Å². The van der Waals surface area contributed by atoms with E-state index in [4.69, 9.17) is 4.74 Å². The number of benzene rings is 2. The highest BCUT2D eigenvalue weighted by Crippen LogP contribution is 2.30. The molecule has 2 aromatic rings. The number of hydrogen-bond donors (Lipinski definition) is 1. The topological polar surface area (TPSA) is 65.1 Å². The number of ether oxygens (including phenoxy) is 1. The standard InChI is InChI=1S/C20H24N4O3/c1-22(2)16-10-8-15(9-11-16)21-19(25)14-23-12-13-24(20(23)26)17-6-4-5-7-18(17)27-3/h4-11H,12-14H2,1-3H3,(H,21,25). The lowest BCUT2D eigenvalue weighted by Crippen LogP contribution is -2.37. The minimum atomic E-state index is -0.220. The van der Waals surface area contributed by atoms with Gasteiger partial charge in [-0.15, -0.1) is 0 Å². The Morgan fingerprint density at radius 3 is 2.48 bits per heavy atom. The maximum absolute atomic E-state index is 12.7. The number of nitrogens with one attached hydrogen (secondary N) is 1. The van der Waals surface area contributed by atoms with Gasteiger partial charge in [-0.1, -0.05) is 12.1 Å². The lowest BCUT2D eigenvalue weighted by molar-refractivity contribution is -0.116. The number of amides is 3. The van der Waals surface area contributed by atoms with E-state index in [0.717, 1.165) is 5.69 Å². The molecule has 3 rings (SSSR count). The molecule has 0 bridgehead atoms. The number of carbonyl (C=O) groups is 2. The van der Waals surface area contributed by atoms with E-state index in [2.05, 4.69) is 5.32 Å². The van der Waals surface area contributed by atoms with Gasteiger partial charge in [0.25, 0.3) is 0 Å². The average molecular weight is 368 g/mol. The second-order valence-corrected chi connectivity index (χ2v) is 6.52. The molecule has 0 radical (unpaired) electrons. The van der Waals surface area contributed by atoms with Crippen LogP contribution in [0, 0.1) is 0 Å². The number of urea groups is 1. The summed E-state index contributed by atoms with van der Waals surface area (Å²) in [6, 6.07) is 14.7. The summed E-state index contributed by atoms with van der Waals surface area (Å²) in [4.78, 5) is 30.2. The van der Waals surface area contributed by atoms with Crippen molar-refractivity contribution in [3.05, 3.63) is 48.5 Å². The number of anilines is 3. The minimum absolute atomic E-state index is 0.0138. The molecule has 3 amide bonds. The number of methoxy groups -OCH3 is 1. The van der Waals surface area contributed by atoms with Crippen LogP contribution in [0.1, 0.15) is 0 Å². The van der Waals surface area contributed by atoms with E-state index in [9.17, 15) is 9.59 Å². The largest absolute Gasteiger partial charge is 0.495 e. The first-order chi connectivity index (χ1) is 13.0. The van der Waals surface area contributed by atoms with Crippen LogP contribution in [0.2, 0.25) is 0 Å². The van der Waals surface area contributed by atoms with Gasteiger partial charge >= 0.3 is 6.03 Å². The van der Waals surface area contributed by atoms with Crippen molar-refractivity contribution in [3.8, 4) is 5.75 Å². The molecule has 7 heteroatoms. The molecule has 142 valence electrons. The maximum atomic E-state index is 12.7. The van der Waals surface area contributed by atoms with E-state index in [0.29, 0.717) is 30.2 Å². The van der Waals surface area contributed by atoms with Crippen LogP contribution in [0.4, 0.5) is 21.9 Å². The van der Waals surface area contributed by atoms with Gasteiger partial charge in [0.15, 0.2) is 0 Å². The van der Waals surface area contributed by atoms with E-state index >= 15 is 0 Å². The molecule has 0 spiro atoms. The van der Waals surface area contributed by atoms with E-state index < -0.39 is 0 Å². The Kier molecular flexibility index (Phi) is 5.49. The van der Waals surface area contributed by atoms with Crippen molar-refractivity contribution in [2.75, 3.05) is 56.0 Å². The fourth-order valence-electron chi connectivity index (χ4n) is 3.02. The van der Waals surface area contributed by atoms with Crippen LogP contribution in [-0.4, -0.2) is 57.7 Å². The van der Waals surface area contributed by atoms with Crippen molar-refractivity contribution in [1.29, 1.82) is 0 Å². The number of nitrogens with zero attached hydrogens (tertiary/aromatic N) is 3. The SMILES string of the molecule is COc1ccccc1N1CCN(CC(=O)Nc2ccc(N(C)C)cc2)C1=O. The summed E-state index contributed by atoms with van der Waals surface area (Å²) in [5.74, 6) is 0.418. The Hall–Kier alpha value is -3.22. The predicted octanol–water partition coefficient (Wildman–Crippen LogP) is 2.64. The molecule has 0 aromatic heterocycles. The van der Waals surface area contributed by atoms with Crippen LogP contribution < -0.4 is 19.9 Å². The summed E-state index contributed by atoms with van der Waals surface area (Å²) in [5.41, 5.74) is 2.47. The molecule has 1 saturated heterocycles. The number of carbonyl (C=O) groups excluding carboxylic acids is 2. The highest BCUT2D eigenvalue weighted by Gasteiger charge is 2.32. The third kappa shape index (κ3) is 4.13. The van der Waals surface area contributed by atoms with Gasteiger partial charge in [0.05, 0.1) is 12.8 Å². The quantitative estimate of drug-likeness (QED) is 0.851. The molecule has 0 saturated carbocycles. The highest BCUT2D eigenvalue weighted by molar-refractivity contribution is 6.00. The normalized spacial score (nSPS) is 13.7. The average Bonchev–Trinajstić information content (AvgIpc) is 3.02. The van der Waals surface area contributed by atoms with Gasteiger partial charge < -0.3 is 19.9 Å². The molecular formula is C20H24N4O3. The zero-order valence-corrected chi connectivity index (χ0v) is 15.8. The fourth-order valence-corrected chi connectivity index (χ4v) is 3.02. The molecule has 0 unspecified atom stereocenters. The van der Waals surface area contributed by atoms with Crippen molar-refractivity contribution < 1.29 is 14.3 Å². The Morgan fingerprint density at radius 1 is 1.11 bits per heavy atom. The monoisotopic (exact) mass is 368 g/mol. The molecule has 2 aromatic carbocycles. The summed E-state index contributed by atoms with van der Waals surface area (Å²) < 4.78 is 5.33. The molecule has 27 heavy (non-hydrogen) atoms. The van der Waals surface area contributed by atoms with Gasteiger partial charge in [-0.25, -0.2) is 4.79 Å². The van der Waals surface area contributed by atoms with Crippen molar-refractivity contribution in [2.45, 2.75) is 0 Å². The molecule has 1 aliphatic rings. The fraction of sp³-hybridized carbons (Fsp3) is 0.300. The van der Waals surface area contributed by atoms with Gasteiger partial charge in [-0.2, -0.15) is 0 Å². The smallest absolute Gasteiger partial charge is 0.325 e. The Bertz CT molecular complexity index is 820. The summed E-state index contributed by atoms with van der Waals surface area (Å²) in [6.45, 7) is 1.02. The van der Waals surface area contributed by atoms with Crippen molar-refractivity contribution in [3.63, 3.8) is 0 Å². The first-order valence-electron chi connectivity index (χ1n) is 8.76. The first-order valence-corrected chi connectivity index (χ1v) is 8.76. The van der Waals surface area contributed by atoms with Crippen molar-refractivity contribution in [1.82, 2.24) is 4.90 Å². The summed E-state index contributed by atoms with van der Waals surface area (Å²) in [6.07, 6.45) is 0. The summed E-state index contributed by atoms with van der Waals surface area (Å²) >= 11 is 0. The van der Waals surface area contributed by atoms with Crippen LogP contribution in [0.5, 0.6) is 5.75 Å². The van der Waals surface area contributed by atoms with Crippen molar-refractivity contribution >= 4 is 29.0 Å². The molecule has 7 nitrogen and oxygen atoms in total. The Labute approximate surface area is 159 Å². The second-order valence-electron chi connectivity index (χ2n) is 6.52. The molecule has 0 atom stereocenters. The van der Waals surface area contributed by atoms with Gasteiger partial charge in [0.2, 0.25) is 5.91 Å². The van der Waals surface area contributed by atoms with Gasteiger partial charge in [0, 0.05) is 38.6 Å². The van der Waals surface area contributed by atoms with Crippen LogP contribution in [0.3, 0.4) is 0 Å². The molecule has 1 aliphatic heterocycles. The maximum Gasteiger partial charge on any atom is 0.325 e. The van der Waals surface area contributed by atoms with Gasteiger partial charge in [0.1, 0.15) is 12.3 Å². The van der Waals surface area contributed by atoms with Crippen molar-refractivity contribution in [2.24, 2.45) is 0 Å². The molecule has 0 aliphatic carbocycles. The van der Waals surface area contributed by atoms with E-state index in [1.54, 1.807) is 12.0 Å². The van der Waals surface area contributed by atoms with Gasteiger partial charge in [-0.3, -0.25) is 9.69 Å². The zero-order chi connectivity index (χ0) is 19.4. The third-order valence-electron chi connectivity index (χ3n) is 4.47. The molecule has 1 fully saturated rings. The first kappa shape index (κ1) is 18.6. The molecule has 1 heterocycles. The van der Waals surface area contributed by atoms with E-state index in [1.165, 1.54) is 4.90 Å². The van der Waals surface area contributed by atoms with Crippen LogP contribution >= 0.6 is 0 Å². The molecular weight excluding hydrogens is 344 g/mol. The number of hydrogen-bond acceptors (Lipinski definition) is 4.